The van der Waals surface area contributed by atoms with Crippen LogP contribution in [0.3, 0.4) is 0 Å². The van der Waals surface area contributed by atoms with Crippen LogP contribution in [0.2, 0.25) is 0 Å². The van der Waals surface area contributed by atoms with Crippen molar-refractivity contribution < 1.29 is 8.42 Å². The number of sulfone groups is 1. The van der Waals surface area contributed by atoms with Crippen LogP contribution in [0.1, 0.15) is 39.5 Å². The maximum Gasteiger partial charge on any atom is 0.152 e. The number of halogens is 1. The van der Waals surface area contributed by atoms with Crippen LogP contribution in [0.25, 0.3) is 0 Å². The van der Waals surface area contributed by atoms with Crippen LogP contribution in [0.5, 0.6) is 0 Å². The van der Waals surface area contributed by atoms with E-state index < -0.39 is 9.84 Å². The van der Waals surface area contributed by atoms with Crippen molar-refractivity contribution >= 4 is 25.8 Å². The summed E-state index contributed by atoms with van der Waals surface area (Å²) < 4.78 is 22.9. The molecule has 0 spiro atoms. The standard InChI is InChI=1S/C13H26BrNO2S/c1-3-5-13(11-14,6-4-2)12-15-7-9-18(16,17)10-8-15/h3-12H2,1-2H3. The van der Waals surface area contributed by atoms with Gasteiger partial charge in [0.2, 0.25) is 0 Å². The van der Waals surface area contributed by atoms with E-state index in [4.69, 9.17) is 0 Å². The third kappa shape index (κ3) is 4.82. The van der Waals surface area contributed by atoms with Crippen LogP contribution in [-0.4, -0.2) is 49.8 Å². The molecule has 0 unspecified atom stereocenters. The minimum Gasteiger partial charge on any atom is -0.301 e. The van der Waals surface area contributed by atoms with Gasteiger partial charge in [-0.15, -0.1) is 0 Å². The van der Waals surface area contributed by atoms with Gasteiger partial charge in [-0.1, -0.05) is 42.6 Å². The molecule has 0 aliphatic carbocycles. The molecule has 5 heteroatoms. The van der Waals surface area contributed by atoms with E-state index in [1.165, 1.54) is 25.7 Å². The first kappa shape index (κ1) is 16.4. The molecule has 108 valence electrons. The number of hydrogen-bond donors (Lipinski definition) is 0. The van der Waals surface area contributed by atoms with Crippen LogP contribution >= 0.6 is 15.9 Å². The van der Waals surface area contributed by atoms with E-state index in [-0.39, 0.29) is 0 Å². The van der Waals surface area contributed by atoms with Crippen molar-refractivity contribution in [1.82, 2.24) is 4.90 Å². The molecule has 1 fully saturated rings. The molecule has 1 aliphatic rings. The van der Waals surface area contributed by atoms with E-state index in [0.717, 1.165) is 11.9 Å². The first-order valence-corrected chi connectivity index (χ1v) is 9.90. The molecule has 3 nitrogen and oxygen atoms in total. The molecule has 0 N–H and O–H groups in total. The van der Waals surface area contributed by atoms with Gasteiger partial charge in [-0.3, -0.25) is 0 Å². The number of rotatable bonds is 7. The summed E-state index contributed by atoms with van der Waals surface area (Å²) in [6.45, 7) is 6.92. The van der Waals surface area contributed by atoms with Gasteiger partial charge in [0, 0.05) is 25.0 Å². The van der Waals surface area contributed by atoms with Crippen LogP contribution in [-0.2, 0) is 9.84 Å². The lowest BCUT2D eigenvalue weighted by atomic mass is 9.80. The normalized spacial score (nSPS) is 21.1. The maximum atomic E-state index is 11.4. The lowest BCUT2D eigenvalue weighted by molar-refractivity contribution is 0.155. The molecule has 0 aromatic carbocycles. The van der Waals surface area contributed by atoms with Crippen molar-refractivity contribution in [1.29, 1.82) is 0 Å². The first-order valence-electron chi connectivity index (χ1n) is 6.96. The Kier molecular flexibility index (Phi) is 6.62. The van der Waals surface area contributed by atoms with E-state index in [9.17, 15) is 8.42 Å². The average molecular weight is 340 g/mol. The maximum absolute atomic E-state index is 11.4. The first-order chi connectivity index (χ1) is 8.47. The molecule has 1 rings (SSSR count). The topological polar surface area (TPSA) is 37.4 Å². The van der Waals surface area contributed by atoms with Crippen LogP contribution in [0.15, 0.2) is 0 Å². The van der Waals surface area contributed by atoms with Crippen molar-refractivity contribution in [3.05, 3.63) is 0 Å². The largest absolute Gasteiger partial charge is 0.301 e. The Bertz CT molecular complexity index is 323. The van der Waals surface area contributed by atoms with E-state index in [1.54, 1.807) is 0 Å². The molecule has 0 saturated carbocycles. The Morgan fingerprint density at radius 2 is 1.61 bits per heavy atom. The van der Waals surface area contributed by atoms with Crippen molar-refractivity contribution in [3.8, 4) is 0 Å². The highest BCUT2D eigenvalue weighted by Gasteiger charge is 2.32. The van der Waals surface area contributed by atoms with E-state index in [0.29, 0.717) is 30.0 Å². The lowest BCUT2D eigenvalue weighted by Gasteiger charge is -2.38. The zero-order chi connectivity index (χ0) is 13.6. The van der Waals surface area contributed by atoms with Gasteiger partial charge in [0.1, 0.15) is 0 Å². The summed E-state index contributed by atoms with van der Waals surface area (Å²) in [6, 6.07) is 0. The summed E-state index contributed by atoms with van der Waals surface area (Å²) in [7, 11) is -2.76. The molecule has 1 heterocycles. The molecule has 0 aromatic rings. The van der Waals surface area contributed by atoms with Crippen molar-refractivity contribution in [2.75, 3.05) is 36.5 Å². The molecule has 0 aromatic heterocycles. The number of hydrogen-bond acceptors (Lipinski definition) is 3. The summed E-state index contributed by atoms with van der Waals surface area (Å²) >= 11 is 3.68. The van der Waals surface area contributed by atoms with E-state index >= 15 is 0 Å². The second kappa shape index (κ2) is 7.25. The Morgan fingerprint density at radius 3 is 2.00 bits per heavy atom. The highest BCUT2D eigenvalue weighted by molar-refractivity contribution is 9.09. The second-order valence-corrected chi connectivity index (χ2v) is 8.43. The fourth-order valence-electron chi connectivity index (χ4n) is 2.90. The zero-order valence-electron chi connectivity index (χ0n) is 11.6. The Hall–Kier alpha value is 0.390. The van der Waals surface area contributed by atoms with Gasteiger partial charge in [0.25, 0.3) is 0 Å². The highest BCUT2D eigenvalue weighted by atomic mass is 79.9. The molecule has 1 saturated heterocycles. The summed E-state index contributed by atoms with van der Waals surface area (Å²) in [5.41, 5.74) is 0.324. The van der Waals surface area contributed by atoms with Gasteiger partial charge in [-0.25, -0.2) is 8.42 Å². The van der Waals surface area contributed by atoms with Crippen molar-refractivity contribution in [3.63, 3.8) is 0 Å². The minimum atomic E-state index is -2.76. The van der Waals surface area contributed by atoms with Crippen molar-refractivity contribution in [2.24, 2.45) is 5.41 Å². The third-order valence-electron chi connectivity index (χ3n) is 3.84. The Labute approximate surface area is 120 Å². The molecular formula is C13H26BrNO2S. The smallest absolute Gasteiger partial charge is 0.152 e. The van der Waals surface area contributed by atoms with E-state index in [2.05, 4.69) is 34.7 Å². The SMILES string of the molecule is CCCC(CBr)(CCC)CN1CCS(=O)(=O)CC1. The third-order valence-corrected chi connectivity index (χ3v) is 6.64. The average Bonchev–Trinajstić information content (AvgIpc) is 2.32. The predicted octanol–water partition coefficient (Wildman–Crippen LogP) is 2.70. The molecule has 0 atom stereocenters. The van der Waals surface area contributed by atoms with Gasteiger partial charge in [0.15, 0.2) is 9.84 Å². The van der Waals surface area contributed by atoms with Gasteiger partial charge in [-0.2, -0.15) is 0 Å². The summed E-state index contributed by atoms with van der Waals surface area (Å²) in [6.07, 6.45) is 4.82. The molecule has 1 aliphatic heterocycles. The van der Waals surface area contributed by atoms with Gasteiger partial charge >= 0.3 is 0 Å². The fourth-order valence-corrected chi connectivity index (χ4v) is 4.92. The summed E-state index contributed by atoms with van der Waals surface area (Å²) in [5.74, 6) is 0.674. The zero-order valence-corrected chi connectivity index (χ0v) is 14.0. The summed E-state index contributed by atoms with van der Waals surface area (Å²) in [5, 5.41) is 1.02. The highest BCUT2D eigenvalue weighted by Crippen LogP contribution is 2.33. The van der Waals surface area contributed by atoms with Gasteiger partial charge in [-0.05, 0) is 18.3 Å². The molecule has 0 bridgehead atoms. The molecule has 18 heavy (non-hydrogen) atoms. The minimum absolute atomic E-state index is 0.324. The number of alkyl halides is 1. The Morgan fingerprint density at radius 1 is 1.11 bits per heavy atom. The van der Waals surface area contributed by atoms with Gasteiger partial charge in [0.05, 0.1) is 11.5 Å². The second-order valence-electron chi connectivity index (χ2n) is 5.56. The molecule has 0 amide bonds. The Balaban J connectivity index is 2.61. The van der Waals surface area contributed by atoms with Crippen LogP contribution in [0, 0.1) is 5.41 Å². The van der Waals surface area contributed by atoms with Crippen LogP contribution < -0.4 is 0 Å². The van der Waals surface area contributed by atoms with Gasteiger partial charge < -0.3 is 4.90 Å². The predicted molar refractivity (Wildman–Crippen MR) is 81.1 cm³/mol. The van der Waals surface area contributed by atoms with Crippen LogP contribution in [0.4, 0.5) is 0 Å². The molecular weight excluding hydrogens is 314 g/mol. The summed E-state index contributed by atoms with van der Waals surface area (Å²) in [4.78, 5) is 2.34. The van der Waals surface area contributed by atoms with E-state index in [1.807, 2.05) is 0 Å². The van der Waals surface area contributed by atoms with Crippen molar-refractivity contribution in [2.45, 2.75) is 39.5 Å². The monoisotopic (exact) mass is 339 g/mol. The molecule has 0 radical (unpaired) electrons. The fraction of sp³-hybridized carbons (Fsp3) is 1.00. The lowest BCUT2D eigenvalue weighted by Crippen LogP contribution is -2.46. The quantitative estimate of drug-likeness (QED) is 0.669. The number of nitrogens with zero attached hydrogens (tertiary/aromatic N) is 1.